The summed E-state index contributed by atoms with van der Waals surface area (Å²) in [5.74, 6) is -3.90. The average Bonchev–Trinajstić information content (AvgIpc) is 2.95. The van der Waals surface area contributed by atoms with Crippen LogP contribution < -0.4 is 0 Å². The SMILES string of the molecule is Fc1cc(-c2nc(-c3ccc(Br)cc3)cs2)cc(F)c1F. The molecule has 0 aliphatic carbocycles. The highest BCUT2D eigenvalue weighted by atomic mass is 79.9. The lowest BCUT2D eigenvalue weighted by Gasteiger charge is -2.00. The van der Waals surface area contributed by atoms with E-state index in [0.29, 0.717) is 10.7 Å². The number of rotatable bonds is 2. The first-order valence-corrected chi connectivity index (χ1v) is 7.58. The molecule has 3 aromatic rings. The fraction of sp³-hybridized carbons (Fsp3) is 0. The van der Waals surface area contributed by atoms with E-state index in [1.807, 2.05) is 24.3 Å². The molecule has 1 nitrogen and oxygen atoms in total. The van der Waals surface area contributed by atoms with E-state index in [4.69, 9.17) is 0 Å². The Labute approximate surface area is 131 Å². The summed E-state index contributed by atoms with van der Waals surface area (Å²) in [5.41, 5.74) is 1.82. The maximum absolute atomic E-state index is 13.3. The van der Waals surface area contributed by atoms with E-state index in [1.165, 1.54) is 11.3 Å². The largest absolute Gasteiger partial charge is 0.236 e. The Kier molecular flexibility index (Phi) is 3.82. The van der Waals surface area contributed by atoms with Crippen LogP contribution in [0.1, 0.15) is 0 Å². The van der Waals surface area contributed by atoms with Crippen molar-refractivity contribution in [1.82, 2.24) is 4.98 Å². The molecule has 0 saturated carbocycles. The van der Waals surface area contributed by atoms with E-state index in [-0.39, 0.29) is 5.56 Å². The Balaban J connectivity index is 2.00. The van der Waals surface area contributed by atoms with Gasteiger partial charge in [-0.25, -0.2) is 18.2 Å². The summed E-state index contributed by atoms with van der Waals surface area (Å²) < 4.78 is 40.4. The van der Waals surface area contributed by atoms with Crippen LogP contribution in [0.3, 0.4) is 0 Å². The Morgan fingerprint density at radius 1 is 0.905 bits per heavy atom. The molecule has 1 aromatic heterocycles. The minimum Gasteiger partial charge on any atom is -0.236 e. The van der Waals surface area contributed by atoms with Crippen LogP contribution >= 0.6 is 27.3 Å². The van der Waals surface area contributed by atoms with Crippen molar-refractivity contribution < 1.29 is 13.2 Å². The van der Waals surface area contributed by atoms with Crippen molar-refractivity contribution in [1.29, 1.82) is 0 Å². The first-order chi connectivity index (χ1) is 10.0. The van der Waals surface area contributed by atoms with Crippen molar-refractivity contribution >= 4 is 27.3 Å². The first kappa shape index (κ1) is 14.3. The van der Waals surface area contributed by atoms with E-state index in [1.54, 1.807) is 5.38 Å². The van der Waals surface area contributed by atoms with Crippen LogP contribution in [0.5, 0.6) is 0 Å². The van der Waals surface area contributed by atoms with Crippen LogP contribution in [-0.2, 0) is 0 Å². The van der Waals surface area contributed by atoms with Gasteiger partial charge in [0.05, 0.1) is 5.69 Å². The highest BCUT2D eigenvalue weighted by molar-refractivity contribution is 9.10. The third-order valence-corrected chi connectivity index (χ3v) is 4.29. The van der Waals surface area contributed by atoms with Gasteiger partial charge in [0.25, 0.3) is 0 Å². The zero-order chi connectivity index (χ0) is 15.0. The molecule has 0 aliphatic rings. The van der Waals surface area contributed by atoms with Crippen molar-refractivity contribution in [3.05, 3.63) is 63.7 Å². The molecule has 0 aliphatic heterocycles. The third kappa shape index (κ3) is 2.87. The van der Waals surface area contributed by atoms with Gasteiger partial charge in [-0.05, 0) is 24.3 Å². The van der Waals surface area contributed by atoms with Gasteiger partial charge in [-0.3, -0.25) is 0 Å². The number of nitrogens with zero attached hydrogens (tertiary/aromatic N) is 1. The molecule has 0 spiro atoms. The zero-order valence-electron chi connectivity index (χ0n) is 10.4. The van der Waals surface area contributed by atoms with Gasteiger partial charge in [0.2, 0.25) is 0 Å². The first-order valence-electron chi connectivity index (χ1n) is 5.91. The summed E-state index contributed by atoms with van der Waals surface area (Å²) in [7, 11) is 0. The molecule has 6 heteroatoms. The summed E-state index contributed by atoms with van der Waals surface area (Å²) >= 11 is 4.59. The summed E-state index contributed by atoms with van der Waals surface area (Å²) in [4.78, 5) is 4.34. The highest BCUT2D eigenvalue weighted by Crippen LogP contribution is 2.31. The van der Waals surface area contributed by atoms with Crippen molar-refractivity contribution in [3.63, 3.8) is 0 Å². The lowest BCUT2D eigenvalue weighted by molar-refractivity contribution is 0.447. The third-order valence-electron chi connectivity index (χ3n) is 2.87. The highest BCUT2D eigenvalue weighted by Gasteiger charge is 2.14. The summed E-state index contributed by atoms with van der Waals surface area (Å²) in [5, 5.41) is 2.23. The Morgan fingerprint density at radius 2 is 1.52 bits per heavy atom. The quantitative estimate of drug-likeness (QED) is 0.531. The Morgan fingerprint density at radius 3 is 2.14 bits per heavy atom. The second kappa shape index (κ2) is 5.61. The molecule has 0 bridgehead atoms. The second-order valence-electron chi connectivity index (χ2n) is 4.30. The van der Waals surface area contributed by atoms with Crippen LogP contribution in [0.2, 0.25) is 0 Å². The van der Waals surface area contributed by atoms with E-state index in [0.717, 1.165) is 22.2 Å². The molecular formula is C15H7BrF3NS. The maximum Gasteiger partial charge on any atom is 0.194 e. The molecule has 0 fully saturated rings. The number of halogens is 4. The summed E-state index contributed by atoms with van der Waals surface area (Å²) in [6, 6.07) is 9.42. The molecule has 2 aromatic carbocycles. The normalized spacial score (nSPS) is 10.9. The van der Waals surface area contributed by atoms with Crippen LogP contribution in [0.15, 0.2) is 46.3 Å². The van der Waals surface area contributed by atoms with Crippen molar-refractivity contribution in [2.24, 2.45) is 0 Å². The van der Waals surface area contributed by atoms with E-state index in [9.17, 15) is 13.2 Å². The molecule has 0 amide bonds. The van der Waals surface area contributed by atoms with E-state index in [2.05, 4.69) is 20.9 Å². The molecule has 0 atom stereocenters. The second-order valence-corrected chi connectivity index (χ2v) is 6.07. The molecule has 0 radical (unpaired) electrons. The standard InChI is InChI=1S/C15H7BrF3NS/c16-10-3-1-8(2-4-10)13-7-21-15(20-13)9-5-11(17)14(19)12(18)6-9/h1-7H. The molecule has 0 unspecified atom stereocenters. The van der Waals surface area contributed by atoms with Gasteiger partial charge in [0.1, 0.15) is 5.01 Å². The van der Waals surface area contributed by atoms with Gasteiger partial charge in [0, 0.05) is 21.0 Å². The number of benzene rings is 2. The zero-order valence-corrected chi connectivity index (χ0v) is 12.8. The van der Waals surface area contributed by atoms with Crippen LogP contribution in [0.4, 0.5) is 13.2 Å². The maximum atomic E-state index is 13.3. The van der Waals surface area contributed by atoms with E-state index < -0.39 is 17.5 Å². The van der Waals surface area contributed by atoms with Crippen molar-refractivity contribution in [2.75, 3.05) is 0 Å². The molecule has 0 N–H and O–H groups in total. The Hall–Kier alpha value is -1.66. The predicted molar refractivity (Wildman–Crippen MR) is 80.6 cm³/mol. The monoisotopic (exact) mass is 369 g/mol. The van der Waals surface area contributed by atoms with Gasteiger partial charge in [-0.15, -0.1) is 11.3 Å². The lowest BCUT2D eigenvalue weighted by atomic mass is 10.2. The minimum atomic E-state index is -1.47. The predicted octanol–water partition coefficient (Wildman–Crippen LogP) is 5.66. The van der Waals surface area contributed by atoms with Gasteiger partial charge < -0.3 is 0 Å². The Bertz CT molecular complexity index is 776. The number of aromatic nitrogens is 1. The van der Waals surface area contributed by atoms with Crippen molar-refractivity contribution in [2.45, 2.75) is 0 Å². The molecular weight excluding hydrogens is 363 g/mol. The van der Waals surface area contributed by atoms with Gasteiger partial charge >= 0.3 is 0 Å². The van der Waals surface area contributed by atoms with Crippen LogP contribution in [-0.4, -0.2) is 4.98 Å². The fourth-order valence-electron chi connectivity index (χ4n) is 1.84. The summed E-state index contributed by atoms with van der Waals surface area (Å²) in [6.45, 7) is 0. The average molecular weight is 370 g/mol. The van der Waals surface area contributed by atoms with Gasteiger partial charge in [-0.2, -0.15) is 0 Å². The van der Waals surface area contributed by atoms with E-state index >= 15 is 0 Å². The van der Waals surface area contributed by atoms with Crippen LogP contribution in [0.25, 0.3) is 21.8 Å². The molecule has 3 rings (SSSR count). The topological polar surface area (TPSA) is 12.9 Å². The number of hydrogen-bond acceptors (Lipinski definition) is 2. The molecule has 21 heavy (non-hydrogen) atoms. The fourth-order valence-corrected chi connectivity index (χ4v) is 2.92. The molecule has 1 heterocycles. The summed E-state index contributed by atoms with van der Waals surface area (Å²) in [6.07, 6.45) is 0. The molecule has 0 saturated heterocycles. The number of thiazole rings is 1. The lowest BCUT2D eigenvalue weighted by Crippen LogP contribution is -1.91. The number of hydrogen-bond donors (Lipinski definition) is 0. The molecule has 106 valence electrons. The van der Waals surface area contributed by atoms with Gasteiger partial charge in [-0.1, -0.05) is 28.1 Å². The van der Waals surface area contributed by atoms with Crippen LogP contribution in [0, 0.1) is 17.5 Å². The smallest absolute Gasteiger partial charge is 0.194 e. The van der Waals surface area contributed by atoms with Gasteiger partial charge in [0.15, 0.2) is 17.5 Å². The minimum absolute atomic E-state index is 0.222. The van der Waals surface area contributed by atoms with Crippen molar-refractivity contribution in [3.8, 4) is 21.8 Å².